The molecular formula is C22H24N4O4S. The number of aliphatic carboxylic acids is 1. The second-order valence-electron chi connectivity index (χ2n) is 8.10. The number of aromatic nitrogens is 2. The van der Waals surface area contributed by atoms with E-state index in [2.05, 4.69) is 20.2 Å². The van der Waals surface area contributed by atoms with Gasteiger partial charge in [0.05, 0.1) is 0 Å². The van der Waals surface area contributed by atoms with Gasteiger partial charge in [-0.1, -0.05) is 6.07 Å². The standard InChI is InChI=1S/C22H24N4O4S/c1-14-11-22(20(27)28,24-7-4-15-2-3-17-18(10-15)30-13-29-17)6-8-26(14)21-23-12-16-5-9-31-19(16)25-21/h2-3,5,9-10,12,14,24H,4,6-8,11,13H2,1H3,(H,27,28). The van der Waals surface area contributed by atoms with Crippen molar-refractivity contribution < 1.29 is 19.4 Å². The molecule has 1 aromatic carbocycles. The van der Waals surface area contributed by atoms with Crippen LogP contribution in [0.2, 0.25) is 0 Å². The molecule has 0 aliphatic carbocycles. The molecule has 3 aromatic rings. The molecule has 1 fully saturated rings. The average Bonchev–Trinajstić information content (AvgIpc) is 3.42. The van der Waals surface area contributed by atoms with Crippen molar-refractivity contribution in [1.29, 1.82) is 0 Å². The van der Waals surface area contributed by atoms with Crippen LogP contribution in [0.15, 0.2) is 35.8 Å². The minimum absolute atomic E-state index is 0.000283. The molecule has 162 valence electrons. The van der Waals surface area contributed by atoms with Gasteiger partial charge in [0.25, 0.3) is 0 Å². The number of benzene rings is 1. The van der Waals surface area contributed by atoms with Crippen LogP contribution in [0.3, 0.4) is 0 Å². The third-order valence-electron chi connectivity index (χ3n) is 6.13. The second-order valence-corrected chi connectivity index (χ2v) is 8.99. The van der Waals surface area contributed by atoms with Crippen LogP contribution in [-0.4, -0.2) is 52.5 Å². The molecule has 2 aromatic heterocycles. The van der Waals surface area contributed by atoms with Crippen molar-refractivity contribution in [2.75, 3.05) is 24.8 Å². The largest absolute Gasteiger partial charge is 0.480 e. The molecule has 2 aliphatic heterocycles. The van der Waals surface area contributed by atoms with Crippen LogP contribution < -0.4 is 19.7 Å². The molecule has 2 N–H and O–H groups in total. The van der Waals surface area contributed by atoms with Crippen LogP contribution in [0.5, 0.6) is 11.5 Å². The van der Waals surface area contributed by atoms with Gasteiger partial charge in [-0.15, -0.1) is 11.3 Å². The van der Waals surface area contributed by atoms with Crippen LogP contribution >= 0.6 is 11.3 Å². The highest BCUT2D eigenvalue weighted by atomic mass is 32.1. The number of carboxylic acids is 1. The fourth-order valence-electron chi connectivity index (χ4n) is 4.40. The molecule has 8 nitrogen and oxygen atoms in total. The Morgan fingerprint density at radius 2 is 2.23 bits per heavy atom. The fourth-order valence-corrected chi connectivity index (χ4v) is 5.14. The highest BCUT2D eigenvalue weighted by Gasteiger charge is 2.44. The van der Waals surface area contributed by atoms with Crippen molar-refractivity contribution in [3.8, 4) is 11.5 Å². The summed E-state index contributed by atoms with van der Waals surface area (Å²) in [5.41, 5.74) is 0.125. The Hall–Kier alpha value is -2.91. The van der Waals surface area contributed by atoms with Gasteiger partial charge in [-0.2, -0.15) is 0 Å². The predicted octanol–water partition coefficient (Wildman–Crippen LogP) is 3.06. The summed E-state index contributed by atoms with van der Waals surface area (Å²) in [6.07, 6.45) is 3.51. The summed E-state index contributed by atoms with van der Waals surface area (Å²) in [7, 11) is 0. The summed E-state index contributed by atoms with van der Waals surface area (Å²) in [5.74, 6) is 1.36. The number of fused-ring (bicyclic) bond motifs is 2. The summed E-state index contributed by atoms with van der Waals surface area (Å²) in [5, 5.41) is 16.4. The summed E-state index contributed by atoms with van der Waals surface area (Å²) < 4.78 is 10.8. The fraction of sp³-hybridized carbons (Fsp3) is 0.409. The molecule has 0 spiro atoms. The second kappa shape index (κ2) is 7.97. The lowest BCUT2D eigenvalue weighted by Crippen LogP contribution is -2.61. The number of hydrogen-bond acceptors (Lipinski definition) is 8. The van der Waals surface area contributed by atoms with E-state index in [0.717, 1.165) is 27.3 Å². The van der Waals surface area contributed by atoms with E-state index in [1.54, 1.807) is 11.3 Å². The Morgan fingerprint density at radius 1 is 1.35 bits per heavy atom. The van der Waals surface area contributed by atoms with Crippen molar-refractivity contribution >= 4 is 33.5 Å². The minimum atomic E-state index is -0.959. The first-order valence-electron chi connectivity index (χ1n) is 10.4. The van der Waals surface area contributed by atoms with Gasteiger partial charge < -0.3 is 24.8 Å². The van der Waals surface area contributed by atoms with Gasteiger partial charge in [-0.05, 0) is 55.3 Å². The molecule has 0 saturated carbocycles. The molecule has 9 heteroatoms. The SMILES string of the molecule is CC1CC(NCCc2ccc3c(c2)OCO3)(C(=O)O)CCN1c1ncc2ccsc2n1. The Bertz CT molecular complexity index is 1120. The maximum atomic E-state index is 12.3. The van der Waals surface area contributed by atoms with Crippen molar-refractivity contribution in [2.24, 2.45) is 0 Å². The highest BCUT2D eigenvalue weighted by Crippen LogP contribution is 2.33. The van der Waals surface area contributed by atoms with Crippen molar-refractivity contribution in [3.63, 3.8) is 0 Å². The molecule has 1 saturated heterocycles. The van der Waals surface area contributed by atoms with Crippen LogP contribution in [0.4, 0.5) is 5.95 Å². The van der Waals surface area contributed by atoms with Crippen molar-refractivity contribution in [1.82, 2.24) is 15.3 Å². The third-order valence-corrected chi connectivity index (χ3v) is 6.95. The van der Waals surface area contributed by atoms with Gasteiger partial charge in [-0.25, -0.2) is 9.97 Å². The average molecular weight is 441 g/mol. The predicted molar refractivity (Wildman–Crippen MR) is 118 cm³/mol. The van der Waals surface area contributed by atoms with E-state index >= 15 is 0 Å². The van der Waals surface area contributed by atoms with E-state index < -0.39 is 11.5 Å². The van der Waals surface area contributed by atoms with E-state index in [-0.39, 0.29) is 12.8 Å². The van der Waals surface area contributed by atoms with Gasteiger partial charge in [0.2, 0.25) is 12.7 Å². The molecule has 0 bridgehead atoms. The van der Waals surface area contributed by atoms with Gasteiger partial charge in [0.15, 0.2) is 11.5 Å². The number of nitrogens with zero attached hydrogens (tertiary/aromatic N) is 3. The zero-order chi connectivity index (χ0) is 21.4. The topological polar surface area (TPSA) is 96.8 Å². The van der Waals surface area contributed by atoms with Crippen LogP contribution in [-0.2, 0) is 11.2 Å². The van der Waals surface area contributed by atoms with E-state index in [1.165, 1.54) is 0 Å². The Labute approximate surface area is 183 Å². The normalized spacial score (nSPS) is 22.7. The molecule has 31 heavy (non-hydrogen) atoms. The Morgan fingerprint density at radius 3 is 3.06 bits per heavy atom. The highest BCUT2D eigenvalue weighted by molar-refractivity contribution is 7.16. The maximum Gasteiger partial charge on any atom is 0.324 e. The number of carboxylic acid groups (broad SMARTS) is 1. The first kappa shape index (κ1) is 20.0. The minimum Gasteiger partial charge on any atom is -0.480 e. The number of anilines is 1. The molecule has 2 atom stereocenters. The molecule has 2 unspecified atom stereocenters. The number of carbonyl (C=O) groups is 1. The molecule has 0 radical (unpaired) electrons. The van der Waals surface area contributed by atoms with Gasteiger partial charge in [-0.3, -0.25) is 4.79 Å². The van der Waals surface area contributed by atoms with Crippen molar-refractivity contribution in [3.05, 3.63) is 41.4 Å². The summed E-state index contributed by atoms with van der Waals surface area (Å²) in [6.45, 7) is 3.44. The van der Waals surface area contributed by atoms with E-state index in [1.807, 2.05) is 42.8 Å². The molecule has 4 heterocycles. The zero-order valence-electron chi connectivity index (χ0n) is 17.2. The van der Waals surface area contributed by atoms with Crippen LogP contribution in [0, 0.1) is 0 Å². The summed E-state index contributed by atoms with van der Waals surface area (Å²) >= 11 is 1.59. The Kier molecular flexibility index (Phi) is 5.15. The number of hydrogen-bond donors (Lipinski definition) is 2. The van der Waals surface area contributed by atoms with Crippen LogP contribution in [0.25, 0.3) is 10.2 Å². The van der Waals surface area contributed by atoms with Crippen molar-refractivity contribution in [2.45, 2.75) is 37.8 Å². The Balaban J connectivity index is 1.25. The van der Waals surface area contributed by atoms with Gasteiger partial charge in [0, 0.05) is 30.7 Å². The monoisotopic (exact) mass is 440 g/mol. The lowest BCUT2D eigenvalue weighted by molar-refractivity contribution is -0.146. The molecule has 5 rings (SSSR count). The first-order chi connectivity index (χ1) is 15.0. The quantitative estimate of drug-likeness (QED) is 0.604. The lowest BCUT2D eigenvalue weighted by atomic mass is 9.83. The number of rotatable bonds is 6. The van der Waals surface area contributed by atoms with Gasteiger partial charge in [0.1, 0.15) is 10.4 Å². The van der Waals surface area contributed by atoms with E-state index in [0.29, 0.717) is 38.3 Å². The molecule has 2 aliphatic rings. The number of ether oxygens (including phenoxy) is 2. The van der Waals surface area contributed by atoms with Gasteiger partial charge >= 0.3 is 5.97 Å². The number of piperidine rings is 1. The number of nitrogens with one attached hydrogen (secondary N) is 1. The number of thiophene rings is 1. The third kappa shape index (κ3) is 3.79. The first-order valence-corrected chi connectivity index (χ1v) is 11.3. The van der Waals surface area contributed by atoms with E-state index in [9.17, 15) is 9.90 Å². The summed E-state index contributed by atoms with van der Waals surface area (Å²) in [4.78, 5) is 24.5. The zero-order valence-corrected chi connectivity index (χ0v) is 18.0. The summed E-state index contributed by atoms with van der Waals surface area (Å²) in [6, 6.07) is 7.85. The lowest BCUT2D eigenvalue weighted by Gasteiger charge is -2.43. The van der Waals surface area contributed by atoms with E-state index in [4.69, 9.17) is 9.47 Å². The maximum absolute atomic E-state index is 12.3. The molecule has 0 amide bonds. The molecular weight excluding hydrogens is 416 g/mol. The van der Waals surface area contributed by atoms with Crippen LogP contribution in [0.1, 0.15) is 25.3 Å². The smallest absolute Gasteiger partial charge is 0.324 e.